The monoisotopic (exact) mass is 314 g/mol. The van der Waals surface area contributed by atoms with Gasteiger partial charge in [0.15, 0.2) is 0 Å². The van der Waals surface area contributed by atoms with E-state index in [0.717, 1.165) is 25.9 Å². The Bertz CT molecular complexity index is 587. The van der Waals surface area contributed by atoms with Gasteiger partial charge in [0, 0.05) is 6.04 Å². The molecule has 2 rings (SSSR count). The molecule has 0 saturated carbocycles. The molecule has 21 heavy (non-hydrogen) atoms. The van der Waals surface area contributed by atoms with Crippen LogP contribution in [0.5, 0.6) is 0 Å². The number of hydrogen-bond donors (Lipinski definition) is 2. The molecule has 1 aromatic rings. The van der Waals surface area contributed by atoms with Gasteiger partial charge in [0.05, 0.1) is 4.90 Å². The van der Waals surface area contributed by atoms with Crippen LogP contribution in [0.4, 0.5) is 4.39 Å². The van der Waals surface area contributed by atoms with Crippen molar-refractivity contribution in [3.8, 4) is 0 Å². The fraction of sp³-hybridized carbons (Fsp3) is 0.600. The van der Waals surface area contributed by atoms with Crippen LogP contribution < -0.4 is 10.0 Å². The summed E-state index contributed by atoms with van der Waals surface area (Å²) in [5, 5.41) is 3.27. The molecule has 1 aliphatic heterocycles. The van der Waals surface area contributed by atoms with Gasteiger partial charge in [0.1, 0.15) is 5.82 Å². The molecule has 118 valence electrons. The molecule has 0 radical (unpaired) electrons. The lowest BCUT2D eigenvalue weighted by Gasteiger charge is -2.29. The molecule has 1 unspecified atom stereocenters. The van der Waals surface area contributed by atoms with E-state index >= 15 is 0 Å². The van der Waals surface area contributed by atoms with Crippen molar-refractivity contribution in [3.05, 3.63) is 29.1 Å². The molecule has 1 atom stereocenters. The van der Waals surface area contributed by atoms with E-state index in [2.05, 4.69) is 10.0 Å². The summed E-state index contributed by atoms with van der Waals surface area (Å²) >= 11 is 0. The molecule has 0 bridgehead atoms. The Kier molecular flexibility index (Phi) is 5.01. The smallest absolute Gasteiger partial charge is 0.241 e. The van der Waals surface area contributed by atoms with E-state index in [1.54, 1.807) is 13.8 Å². The van der Waals surface area contributed by atoms with Gasteiger partial charge in [-0.3, -0.25) is 0 Å². The first-order valence-electron chi connectivity index (χ1n) is 7.31. The average molecular weight is 314 g/mol. The van der Waals surface area contributed by atoms with Crippen molar-refractivity contribution < 1.29 is 12.8 Å². The lowest BCUT2D eigenvalue weighted by molar-refractivity contribution is 0.316. The van der Waals surface area contributed by atoms with Crippen LogP contribution in [0.3, 0.4) is 0 Å². The van der Waals surface area contributed by atoms with Crippen molar-refractivity contribution in [1.29, 1.82) is 0 Å². The largest absolute Gasteiger partial charge is 0.317 e. The highest BCUT2D eigenvalue weighted by Crippen LogP contribution is 2.23. The molecule has 1 heterocycles. The molecule has 4 nitrogen and oxygen atoms in total. The highest BCUT2D eigenvalue weighted by Gasteiger charge is 2.27. The molecule has 1 fully saturated rings. The van der Waals surface area contributed by atoms with Crippen molar-refractivity contribution in [2.45, 2.75) is 44.6 Å². The van der Waals surface area contributed by atoms with Crippen LogP contribution in [0.25, 0.3) is 0 Å². The van der Waals surface area contributed by atoms with Crippen molar-refractivity contribution in [1.82, 2.24) is 10.0 Å². The van der Waals surface area contributed by atoms with Crippen LogP contribution in [0.2, 0.25) is 0 Å². The first-order valence-corrected chi connectivity index (χ1v) is 8.79. The second kappa shape index (κ2) is 6.42. The van der Waals surface area contributed by atoms with Crippen molar-refractivity contribution in [2.24, 2.45) is 5.92 Å². The van der Waals surface area contributed by atoms with Crippen LogP contribution >= 0.6 is 0 Å². The van der Waals surface area contributed by atoms with Crippen LogP contribution in [0.15, 0.2) is 17.0 Å². The molecular weight excluding hydrogens is 291 g/mol. The van der Waals surface area contributed by atoms with E-state index in [9.17, 15) is 12.8 Å². The zero-order valence-electron chi connectivity index (χ0n) is 12.7. The summed E-state index contributed by atoms with van der Waals surface area (Å²) in [6.07, 6.45) is 1.93. The molecule has 0 aromatic heterocycles. The van der Waals surface area contributed by atoms with E-state index in [0.29, 0.717) is 17.0 Å². The van der Waals surface area contributed by atoms with Crippen LogP contribution in [-0.4, -0.2) is 27.5 Å². The van der Waals surface area contributed by atoms with E-state index in [1.165, 1.54) is 12.1 Å². The average Bonchev–Trinajstić information content (AvgIpc) is 2.37. The molecule has 6 heteroatoms. The maximum atomic E-state index is 13.3. The predicted molar refractivity (Wildman–Crippen MR) is 81.3 cm³/mol. The number of rotatable bonds is 4. The van der Waals surface area contributed by atoms with E-state index in [-0.39, 0.29) is 10.9 Å². The summed E-state index contributed by atoms with van der Waals surface area (Å²) in [6, 6.07) is 2.40. The molecule has 2 N–H and O–H groups in total. The quantitative estimate of drug-likeness (QED) is 0.895. The highest BCUT2D eigenvalue weighted by atomic mass is 32.2. The van der Waals surface area contributed by atoms with Crippen LogP contribution in [0.1, 0.15) is 30.9 Å². The van der Waals surface area contributed by atoms with Crippen molar-refractivity contribution in [2.75, 3.05) is 13.1 Å². The van der Waals surface area contributed by atoms with Gasteiger partial charge >= 0.3 is 0 Å². The van der Waals surface area contributed by atoms with Gasteiger partial charge in [-0.2, -0.15) is 0 Å². The fourth-order valence-corrected chi connectivity index (χ4v) is 4.83. The van der Waals surface area contributed by atoms with E-state index < -0.39 is 15.8 Å². The summed E-state index contributed by atoms with van der Waals surface area (Å²) in [7, 11) is -3.62. The maximum absolute atomic E-state index is 13.3. The third-order valence-corrected chi connectivity index (χ3v) is 5.99. The van der Waals surface area contributed by atoms with Gasteiger partial charge in [-0.1, -0.05) is 0 Å². The topological polar surface area (TPSA) is 58.2 Å². The fourth-order valence-electron chi connectivity index (χ4n) is 3.07. The molecule has 1 saturated heterocycles. The molecule has 1 aliphatic rings. The number of nitrogens with one attached hydrogen (secondary N) is 2. The van der Waals surface area contributed by atoms with E-state index in [1.807, 2.05) is 6.92 Å². The normalized spacial score (nSPS) is 18.7. The van der Waals surface area contributed by atoms with Gasteiger partial charge in [-0.15, -0.1) is 0 Å². The van der Waals surface area contributed by atoms with Gasteiger partial charge in [-0.05, 0) is 75.9 Å². The number of hydrogen-bond acceptors (Lipinski definition) is 3. The minimum Gasteiger partial charge on any atom is -0.317 e. The Balaban J connectivity index is 2.22. The van der Waals surface area contributed by atoms with E-state index in [4.69, 9.17) is 0 Å². The highest BCUT2D eigenvalue weighted by molar-refractivity contribution is 7.89. The lowest BCUT2D eigenvalue weighted by Crippen LogP contribution is -2.42. The van der Waals surface area contributed by atoms with Crippen LogP contribution in [-0.2, 0) is 10.0 Å². The van der Waals surface area contributed by atoms with Gasteiger partial charge in [0.25, 0.3) is 0 Å². The summed E-state index contributed by atoms with van der Waals surface area (Å²) in [5.74, 6) is -0.0718. The number of sulfonamides is 1. The third-order valence-electron chi connectivity index (χ3n) is 4.13. The second-order valence-corrected chi connectivity index (χ2v) is 7.52. The van der Waals surface area contributed by atoms with Crippen molar-refractivity contribution in [3.63, 3.8) is 0 Å². The number of halogens is 1. The van der Waals surface area contributed by atoms with Gasteiger partial charge < -0.3 is 5.32 Å². The molecule has 1 aromatic carbocycles. The first kappa shape index (κ1) is 16.4. The van der Waals surface area contributed by atoms with Crippen LogP contribution in [0, 0.1) is 25.6 Å². The summed E-state index contributed by atoms with van der Waals surface area (Å²) in [6.45, 7) is 7.00. The molecular formula is C15H23FN2O2S. The zero-order valence-corrected chi connectivity index (χ0v) is 13.6. The minimum atomic E-state index is -3.62. The minimum absolute atomic E-state index is 0.124. The van der Waals surface area contributed by atoms with Gasteiger partial charge in [0.2, 0.25) is 10.0 Å². The Hall–Kier alpha value is -0.980. The predicted octanol–water partition coefficient (Wildman–Crippen LogP) is 2.11. The Morgan fingerprint density at radius 2 is 1.76 bits per heavy atom. The summed E-state index contributed by atoms with van der Waals surface area (Å²) in [5.41, 5.74) is 0.884. The molecule has 0 spiro atoms. The van der Waals surface area contributed by atoms with Crippen molar-refractivity contribution >= 4 is 10.0 Å². The zero-order chi connectivity index (χ0) is 15.6. The molecule has 0 aliphatic carbocycles. The number of benzene rings is 1. The van der Waals surface area contributed by atoms with Gasteiger partial charge in [-0.25, -0.2) is 17.5 Å². The maximum Gasteiger partial charge on any atom is 0.241 e. The first-order chi connectivity index (χ1) is 9.81. The number of piperidine rings is 1. The summed E-state index contributed by atoms with van der Waals surface area (Å²) in [4.78, 5) is 0.199. The third kappa shape index (κ3) is 3.81. The molecule has 0 amide bonds. The second-order valence-electron chi connectivity index (χ2n) is 5.87. The number of aryl methyl sites for hydroxylation is 2. The standard InChI is InChI=1S/C15H23FN2O2S/c1-10-8-14(16)9-11(2)15(10)21(19,20)18-12(3)13-4-6-17-7-5-13/h8-9,12-13,17-18H,4-7H2,1-3H3. The summed E-state index contributed by atoms with van der Waals surface area (Å²) < 4.78 is 41.3. The Labute approximate surface area is 126 Å². The lowest BCUT2D eigenvalue weighted by atomic mass is 9.92. The Morgan fingerprint density at radius 1 is 1.24 bits per heavy atom. The Morgan fingerprint density at radius 3 is 2.29 bits per heavy atom. The SMILES string of the molecule is Cc1cc(F)cc(C)c1S(=O)(=O)NC(C)C1CCNCC1.